The molecule has 2 heterocycles. The molecule has 2 rings (SSSR count). The van der Waals surface area contributed by atoms with Crippen molar-refractivity contribution in [2.75, 3.05) is 13.1 Å². The molecule has 82 valence electrons. The van der Waals surface area contributed by atoms with Crippen LogP contribution in [0.2, 0.25) is 0 Å². The van der Waals surface area contributed by atoms with Crippen molar-refractivity contribution in [2.45, 2.75) is 19.4 Å². The maximum Gasteiger partial charge on any atom is 0.269 e. The number of nitrogens with zero attached hydrogens (tertiary/aromatic N) is 2. The van der Waals surface area contributed by atoms with Gasteiger partial charge in [0.25, 0.3) is 5.91 Å². The second kappa shape index (κ2) is 4.02. The largest absolute Gasteiger partial charge is 0.347 e. The number of rotatable bonds is 2. The van der Waals surface area contributed by atoms with Crippen LogP contribution in [0, 0.1) is 6.92 Å². The third-order valence-corrected chi connectivity index (χ3v) is 2.63. The average Bonchev–Trinajstić information content (AvgIpc) is 2.75. The molecule has 1 saturated heterocycles. The van der Waals surface area contributed by atoms with E-state index in [1.54, 1.807) is 17.8 Å². The fourth-order valence-electron chi connectivity index (χ4n) is 1.86. The molecule has 0 spiro atoms. The smallest absolute Gasteiger partial charge is 0.269 e. The number of hydrogen-bond donors (Lipinski definition) is 2. The SMILES string of the molecule is Cc1cc(C(=O)N[C@@H]2CCNC2)n(C)n1. The summed E-state index contributed by atoms with van der Waals surface area (Å²) in [5.41, 5.74) is 1.49. The molecule has 5 heteroatoms. The minimum Gasteiger partial charge on any atom is -0.347 e. The first-order chi connectivity index (χ1) is 7.16. The van der Waals surface area contributed by atoms with Crippen molar-refractivity contribution in [1.29, 1.82) is 0 Å². The summed E-state index contributed by atoms with van der Waals surface area (Å²) in [7, 11) is 1.79. The first kappa shape index (κ1) is 10.2. The molecule has 1 aliphatic rings. The van der Waals surface area contributed by atoms with Crippen molar-refractivity contribution >= 4 is 5.91 Å². The Bertz CT molecular complexity index is 365. The molecule has 0 aromatic carbocycles. The van der Waals surface area contributed by atoms with Crippen LogP contribution in [0.1, 0.15) is 22.6 Å². The van der Waals surface area contributed by atoms with Gasteiger partial charge in [-0.05, 0) is 26.0 Å². The Morgan fingerprint density at radius 2 is 2.53 bits per heavy atom. The van der Waals surface area contributed by atoms with Crippen molar-refractivity contribution in [1.82, 2.24) is 20.4 Å². The molecule has 0 unspecified atom stereocenters. The van der Waals surface area contributed by atoms with E-state index in [0.29, 0.717) is 5.69 Å². The molecule has 1 amide bonds. The van der Waals surface area contributed by atoms with Gasteiger partial charge >= 0.3 is 0 Å². The van der Waals surface area contributed by atoms with E-state index in [4.69, 9.17) is 0 Å². The number of aromatic nitrogens is 2. The van der Waals surface area contributed by atoms with Gasteiger partial charge in [-0.25, -0.2) is 0 Å². The van der Waals surface area contributed by atoms with Gasteiger partial charge in [-0.2, -0.15) is 5.10 Å². The first-order valence-corrected chi connectivity index (χ1v) is 5.19. The predicted octanol–water partition coefficient (Wildman–Crippen LogP) is -0.180. The second-order valence-electron chi connectivity index (χ2n) is 3.96. The van der Waals surface area contributed by atoms with Crippen molar-refractivity contribution in [3.63, 3.8) is 0 Å². The summed E-state index contributed by atoms with van der Waals surface area (Å²) in [5, 5.41) is 10.3. The summed E-state index contributed by atoms with van der Waals surface area (Å²) in [6, 6.07) is 2.06. The van der Waals surface area contributed by atoms with Crippen LogP contribution in [-0.4, -0.2) is 34.8 Å². The van der Waals surface area contributed by atoms with Gasteiger partial charge in [0.15, 0.2) is 0 Å². The highest BCUT2D eigenvalue weighted by atomic mass is 16.2. The van der Waals surface area contributed by atoms with Crippen LogP contribution in [0.25, 0.3) is 0 Å². The minimum absolute atomic E-state index is 0.0354. The summed E-state index contributed by atoms with van der Waals surface area (Å²) < 4.78 is 1.62. The van der Waals surface area contributed by atoms with Gasteiger partial charge in [-0.3, -0.25) is 9.48 Å². The maximum atomic E-state index is 11.8. The highest BCUT2D eigenvalue weighted by Crippen LogP contribution is 2.04. The van der Waals surface area contributed by atoms with E-state index in [-0.39, 0.29) is 11.9 Å². The number of amides is 1. The van der Waals surface area contributed by atoms with Gasteiger partial charge in [-0.15, -0.1) is 0 Å². The van der Waals surface area contributed by atoms with E-state index >= 15 is 0 Å². The van der Waals surface area contributed by atoms with E-state index in [1.807, 2.05) is 6.92 Å². The standard InChI is InChI=1S/C10H16N4O/c1-7-5-9(14(2)13-7)10(15)12-8-3-4-11-6-8/h5,8,11H,3-4,6H2,1-2H3,(H,12,15)/t8-/m1/s1. The monoisotopic (exact) mass is 208 g/mol. The summed E-state index contributed by atoms with van der Waals surface area (Å²) in [4.78, 5) is 11.8. The third kappa shape index (κ3) is 2.18. The van der Waals surface area contributed by atoms with Gasteiger partial charge in [-0.1, -0.05) is 0 Å². The Labute approximate surface area is 88.8 Å². The summed E-state index contributed by atoms with van der Waals surface area (Å²) in [6.45, 7) is 3.73. The second-order valence-corrected chi connectivity index (χ2v) is 3.96. The van der Waals surface area contributed by atoms with E-state index in [2.05, 4.69) is 15.7 Å². The molecule has 15 heavy (non-hydrogen) atoms. The molecule has 0 aliphatic carbocycles. The van der Waals surface area contributed by atoms with Crippen LogP contribution in [0.4, 0.5) is 0 Å². The molecule has 1 aromatic heterocycles. The van der Waals surface area contributed by atoms with E-state index in [0.717, 1.165) is 25.2 Å². The lowest BCUT2D eigenvalue weighted by atomic mass is 10.2. The molecule has 0 bridgehead atoms. The van der Waals surface area contributed by atoms with Crippen LogP contribution in [0.15, 0.2) is 6.07 Å². The maximum absolute atomic E-state index is 11.8. The van der Waals surface area contributed by atoms with E-state index in [9.17, 15) is 4.79 Å². The molecule has 0 radical (unpaired) electrons. The van der Waals surface area contributed by atoms with Gasteiger partial charge < -0.3 is 10.6 Å². The lowest BCUT2D eigenvalue weighted by Crippen LogP contribution is -2.37. The van der Waals surface area contributed by atoms with E-state index < -0.39 is 0 Å². The predicted molar refractivity (Wildman–Crippen MR) is 56.7 cm³/mol. The van der Waals surface area contributed by atoms with Crippen molar-refractivity contribution in [2.24, 2.45) is 7.05 Å². The van der Waals surface area contributed by atoms with Crippen molar-refractivity contribution < 1.29 is 4.79 Å². The molecular weight excluding hydrogens is 192 g/mol. The first-order valence-electron chi connectivity index (χ1n) is 5.19. The number of nitrogens with one attached hydrogen (secondary N) is 2. The highest BCUT2D eigenvalue weighted by Gasteiger charge is 2.19. The number of carbonyl (C=O) groups is 1. The lowest BCUT2D eigenvalue weighted by Gasteiger charge is -2.10. The molecule has 5 nitrogen and oxygen atoms in total. The molecule has 1 aliphatic heterocycles. The van der Waals surface area contributed by atoms with Gasteiger partial charge in [0.1, 0.15) is 5.69 Å². The van der Waals surface area contributed by atoms with Gasteiger partial charge in [0, 0.05) is 19.6 Å². The molecule has 1 fully saturated rings. The zero-order chi connectivity index (χ0) is 10.8. The zero-order valence-corrected chi connectivity index (χ0v) is 9.08. The van der Waals surface area contributed by atoms with Crippen LogP contribution in [-0.2, 0) is 7.05 Å². The molecular formula is C10H16N4O. The normalized spacial score (nSPS) is 20.5. The molecule has 2 N–H and O–H groups in total. The Balaban J connectivity index is 2.03. The van der Waals surface area contributed by atoms with Crippen molar-refractivity contribution in [3.8, 4) is 0 Å². The Kier molecular flexibility index (Phi) is 2.73. The van der Waals surface area contributed by atoms with Crippen LogP contribution in [0.3, 0.4) is 0 Å². The number of carbonyl (C=O) groups excluding carboxylic acids is 1. The van der Waals surface area contributed by atoms with Crippen molar-refractivity contribution in [3.05, 3.63) is 17.5 Å². The van der Waals surface area contributed by atoms with Gasteiger partial charge in [0.05, 0.1) is 5.69 Å². The Morgan fingerprint density at radius 1 is 1.73 bits per heavy atom. The Morgan fingerprint density at radius 3 is 3.07 bits per heavy atom. The van der Waals surface area contributed by atoms with Crippen LogP contribution in [0.5, 0.6) is 0 Å². The highest BCUT2D eigenvalue weighted by molar-refractivity contribution is 5.92. The zero-order valence-electron chi connectivity index (χ0n) is 9.08. The average molecular weight is 208 g/mol. The number of hydrogen-bond acceptors (Lipinski definition) is 3. The molecule has 1 atom stereocenters. The quantitative estimate of drug-likeness (QED) is 0.709. The third-order valence-electron chi connectivity index (χ3n) is 2.63. The topological polar surface area (TPSA) is 59.0 Å². The van der Waals surface area contributed by atoms with E-state index in [1.165, 1.54) is 0 Å². The Hall–Kier alpha value is -1.36. The van der Waals surface area contributed by atoms with Gasteiger partial charge in [0.2, 0.25) is 0 Å². The fourth-order valence-corrected chi connectivity index (χ4v) is 1.86. The molecule has 1 aromatic rings. The minimum atomic E-state index is -0.0354. The number of aryl methyl sites for hydroxylation is 2. The lowest BCUT2D eigenvalue weighted by molar-refractivity contribution is 0.0930. The summed E-state index contributed by atoms with van der Waals surface area (Å²) >= 11 is 0. The van der Waals surface area contributed by atoms with Crippen LogP contribution >= 0.6 is 0 Å². The fraction of sp³-hybridized carbons (Fsp3) is 0.600. The summed E-state index contributed by atoms with van der Waals surface area (Å²) in [5.74, 6) is -0.0354. The van der Waals surface area contributed by atoms with Crippen LogP contribution < -0.4 is 10.6 Å². The summed E-state index contributed by atoms with van der Waals surface area (Å²) in [6.07, 6.45) is 1.00. The molecule has 0 saturated carbocycles.